The molecule has 2 N–H and O–H groups in total. The number of hydrogen-bond acceptors (Lipinski definition) is 5. The van der Waals surface area contributed by atoms with E-state index in [0.717, 1.165) is 22.2 Å². The van der Waals surface area contributed by atoms with E-state index in [0.29, 0.717) is 11.3 Å². The minimum atomic E-state index is -1.34. The highest BCUT2D eigenvalue weighted by Crippen LogP contribution is 2.21. The summed E-state index contributed by atoms with van der Waals surface area (Å²) in [5.41, 5.74) is 4.87. The van der Waals surface area contributed by atoms with Crippen molar-refractivity contribution in [1.82, 2.24) is 10.7 Å². The minimum Gasteiger partial charge on any atom is -0.276 e. The summed E-state index contributed by atoms with van der Waals surface area (Å²) in [5, 5.41) is 5.85. The number of hydrazone groups is 1. The second-order valence-corrected chi connectivity index (χ2v) is 6.37. The molecule has 1 fully saturated rings. The molecule has 2 aromatic carbocycles. The zero-order valence-electron chi connectivity index (χ0n) is 15.3. The molecule has 0 spiro atoms. The number of aryl methyl sites for hydroxylation is 2. The lowest BCUT2D eigenvalue weighted by molar-refractivity contribution is -0.131. The van der Waals surface area contributed by atoms with E-state index >= 15 is 0 Å². The monoisotopic (exact) mass is 378 g/mol. The van der Waals surface area contributed by atoms with Crippen LogP contribution in [0, 0.1) is 19.8 Å². The van der Waals surface area contributed by atoms with Crippen LogP contribution in [0.5, 0.6) is 0 Å². The maximum absolute atomic E-state index is 12.7. The number of carbonyl (C=O) groups is 4. The summed E-state index contributed by atoms with van der Waals surface area (Å²) in [6.07, 6.45) is 1.01. The van der Waals surface area contributed by atoms with Crippen LogP contribution in [0.25, 0.3) is 0 Å². The zero-order valence-corrected chi connectivity index (χ0v) is 15.3. The van der Waals surface area contributed by atoms with E-state index in [9.17, 15) is 19.2 Å². The van der Waals surface area contributed by atoms with E-state index in [1.165, 1.54) is 0 Å². The molecule has 3 rings (SSSR count). The molecule has 0 bridgehead atoms. The number of nitrogens with one attached hydrogen (secondary N) is 2. The third kappa shape index (κ3) is 3.96. The first-order chi connectivity index (χ1) is 13.4. The van der Waals surface area contributed by atoms with Gasteiger partial charge in [-0.25, -0.2) is 15.1 Å². The Hall–Kier alpha value is -3.81. The molecule has 2 aromatic rings. The summed E-state index contributed by atoms with van der Waals surface area (Å²) >= 11 is 0. The third-order valence-electron chi connectivity index (χ3n) is 4.17. The number of nitrogens with zero attached hydrogens (tertiary/aromatic N) is 2. The Labute approximate surface area is 161 Å². The van der Waals surface area contributed by atoms with Gasteiger partial charge < -0.3 is 0 Å². The van der Waals surface area contributed by atoms with Gasteiger partial charge in [-0.3, -0.25) is 19.7 Å². The van der Waals surface area contributed by atoms with Crippen LogP contribution in [0.3, 0.4) is 0 Å². The number of hydrogen-bond donors (Lipinski definition) is 2. The quantitative estimate of drug-likeness (QED) is 0.481. The predicted molar refractivity (Wildman–Crippen MR) is 103 cm³/mol. The molecule has 0 saturated carbocycles. The highest BCUT2D eigenvalue weighted by atomic mass is 16.2. The van der Waals surface area contributed by atoms with Crippen molar-refractivity contribution < 1.29 is 19.2 Å². The number of benzene rings is 2. The first kappa shape index (κ1) is 19.0. The van der Waals surface area contributed by atoms with Crippen LogP contribution >= 0.6 is 0 Å². The van der Waals surface area contributed by atoms with Gasteiger partial charge in [0.2, 0.25) is 5.91 Å². The van der Waals surface area contributed by atoms with Gasteiger partial charge in [0, 0.05) is 11.8 Å². The normalized spacial score (nSPS) is 17.0. The lowest BCUT2D eigenvalue weighted by Crippen LogP contribution is -2.58. The fourth-order valence-corrected chi connectivity index (χ4v) is 2.67. The van der Waals surface area contributed by atoms with Crippen molar-refractivity contribution in [2.75, 3.05) is 4.90 Å². The van der Waals surface area contributed by atoms with E-state index in [2.05, 4.69) is 15.8 Å². The van der Waals surface area contributed by atoms with Crippen molar-refractivity contribution in [1.29, 1.82) is 0 Å². The number of anilines is 1. The summed E-state index contributed by atoms with van der Waals surface area (Å²) in [4.78, 5) is 49.8. The molecular weight excluding hydrogens is 360 g/mol. The molecule has 1 saturated heterocycles. The molecule has 1 aliphatic heterocycles. The second-order valence-electron chi connectivity index (χ2n) is 6.37. The van der Waals surface area contributed by atoms with Gasteiger partial charge >= 0.3 is 6.03 Å². The van der Waals surface area contributed by atoms with Gasteiger partial charge in [0.1, 0.15) is 0 Å². The van der Waals surface area contributed by atoms with Gasteiger partial charge in [-0.2, -0.15) is 5.10 Å². The molecule has 0 aromatic heterocycles. The minimum absolute atomic E-state index is 0.345. The summed E-state index contributed by atoms with van der Waals surface area (Å²) in [5.74, 6) is -3.36. The third-order valence-corrected chi connectivity index (χ3v) is 4.17. The van der Waals surface area contributed by atoms with E-state index < -0.39 is 29.7 Å². The maximum atomic E-state index is 12.7. The number of carbonyl (C=O) groups excluding carboxylic acids is 4. The van der Waals surface area contributed by atoms with Gasteiger partial charge in [0.15, 0.2) is 5.92 Å². The van der Waals surface area contributed by atoms with Crippen molar-refractivity contribution in [3.05, 3.63) is 65.2 Å². The summed E-state index contributed by atoms with van der Waals surface area (Å²) in [6.45, 7) is 3.72. The summed E-state index contributed by atoms with van der Waals surface area (Å²) in [7, 11) is 0. The molecule has 142 valence electrons. The molecule has 1 aliphatic rings. The van der Waals surface area contributed by atoms with Crippen LogP contribution in [0.4, 0.5) is 10.5 Å². The van der Waals surface area contributed by atoms with Crippen LogP contribution in [0.1, 0.15) is 21.5 Å². The highest BCUT2D eigenvalue weighted by molar-refractivity contribution is 6.32. The van der Waals surface area contributed by atoms with Gasteiger partial charge in [-0.15, -0.1) is 0 Å². The van der Waals surface area contributed by atoms with Crippen molar-refractivity contribution in [2.45, 2.75) is 13.8 Å². The van der Waals surface area contributed by atoms with E-state index in [1.807, 2.05) is 19.9 Å². The summed E-state index contributed by atoms with van der Waals surface area (Å²) in [6, 6.07) is 12.8. The first-order valence-corrected chi connectivity index (χ1v) is 8.52. The average Bonchev–Trinajstić information content (AvgIpc) is 2.64. The molecule has 1 atom stereocenters. The smallest absolute Gasteiger partial charge is 0.276 e. The standard InChI is InChI=1S/C20H18N4O4/c1-12-6-8-14(9-7-12)17(25)23-21-11-16-18(26)22-20(28)24(19(16)27)15-5-3-4-13(2)10-15/h3-11,16H,1-2H3,(H,23,25)(H,22,26,28)/b21-11-/t16-/m0/s1. The van der Waals surface area contributed by atoms with Crippen LogP contribution in [0.15, 0.2) is 53.6 Å². The maximum Gasteiger partial charge on any atom is 0.335 e. The Morgan fingerprint density at radius 3 is 2.46 bits per heavy atom. The van der Waals surface area contributed by atoms with Crippen molar-refractivity contribution in [3.8, 4) is 0 Å². The number of rotatable bonds is 4. The van der Waals surface area contributed by atoms with Crippen LogP contribution in [-0.4, -0.2) is 30.0 Å². The van der Waals surface area contributed by atoms with E-state index in [4.69, 9.17) is 0 Å². The Balaban J connectivity index is 1.75. The van der Waals surface area contributed by atoms with Crippen molar-refractivity contribution in [3.63, 3.8) is 0 Å². The number of imide groups is 2. The summed E-state index contributed by atoms with van der Waals surface area (Å²) < 4.78 is 0. The Morgan fingerprint density at radius 1 is 1.07 bits per heavy atom. The largest absolute Gasteiger partial charge is 0.335 e. The lowest BCUT2D eigenvalue weighted by atomic mass is 10.1. The number of amides is 5. The predicted octanol–water partition coefficient (Wildman–Crippen LogP) is 1.92. The molecule has 0 unspecified atom stereocenters. The van der Waals surface area contributed by atoms with E-state index in [1.54, 1.807) is 42.5 Å². The number of barbiturate groups is 1. The first-order valence-electron chi connectivity index (χ1n) is 8.52. The fourth-order valence-electron chi connectivity index (χ4n) is 2.67. The molecule has 0 radical (unpaired) electrons. The lowest BCUT2D eigenvalue weighted by Gasteiger charge is -2.28. The molecule has 28 heavy (non-hydrogen) atoms. The van der Waals surface area contributed by atoms with Crippen LogP contribution < -0.4 is 15.6 Å². The van der Waals surface area contributed by atoms with Gasteiger partial charge in [0.05, 0.1) is 5.69 Å². The van der Waals surface area contributed by atoms with Gasteiger partial charge in [0.25, 0.3) is 11.8 Å². The van der Waals surface area contributed by atoms with Crippen molar-refractivity contribution >= 4 is 35.7 Å². The Kier molecular flexibility index (Phi) is 5.30. The second kappa shape index (κ2) is 7.83. The van der Waals surface area contributed by atoms with Crippen LogP contribution in [-0.2, 0) is 9.59 Å². The van der Waals surface area contributed by atoms with Gasteiger partial charge in [-0.1, -0.05) is 29.8 Å². The van der Waals surface area contributed by atoms with Gasteiger partial charge in [-0.05, 0) is 43.7 Å². The average molecular weight is 378 g/mol. The Morgan fingerprint density at radius 2 is 1.79 bits per heavy atom. The molecule has 8 heteroatoms. The molecule has 5 amide bonds. The van der Waals surface area contributed by atoms with E-state index in [-0.39, 0.29) is 0 Å². The number of urea groups is 1. The van der Waals surface area contributed by atoms with Crippen LogP contribution in [0.2, 0.25) is 0 Å². The molecular formula is C20H18N4O4. The Bertz CT molecular complexity index is 982. The topological polar surface area (TPSA) is 108 Å². The highest BCUT2D eigenvalue weighted by Gasteiger charge is 2.40. The molecule has 8 nitrogen and oxygen atoms in total. The fraction of sp³-hybridized carbons (Fsp3) is 0.150. The zero-order chi connectivity index (χ0) is 20.3. The SMILES string of the molecule is Cc1ccc(C(=O)N/N=C\[C@H]2C(=O)NC(=O)N(c3cccc(C)c3)C2=O)cc1. The van der Waals surface area contributed by atoms with Crippen molar-refractivity contribution in [2.24, 2.45) is 11.0 Å². The molecule has 0 aliphatic carbocycles. The molecule has 1 heterocycles.